The Labute approximate surface area is 81.0 Å². The van der Waals surface area contributed by atoms with Crippen LogP contribution >= 0.6 is 0 Å². The van der Waals surface area contributed by atoms with Crippen LogP contribution in [0.4, 0.5) is 0 Å². The van der Waals surface area contributed by atoms with Crippen molar-refractivity contribution in [3.8, 4) is 11.5 Å². The molecule has 76 valence electrons. The Morgan fingerprint density at radius 3 is 2.57 bits per heavy atom. The SMILES string of the molecule is O=S(=O)(O)C1COc2ccccc2O1. The number of benzene rings is 1. The fourth-order valence-corrected chi connectivity index (χ4v) is 1.61. The first-order valence-electron chi connectivity index (χ1n) is 3.92. The minimum atomic E-state index is -4.22. The van der Waals surface area contributed by atoms with Crippen molar-refractivity contribution < 1.29 is 22.4 Å². The molecule has 5 nitrogen and oxygen atoms in total. The molecule has 0 amide bonds. The van der Waals surface area contributed by atoms with E-state index >= 15 is 0 Å². The van der Waals surface area contributed by atoms with Crippen molar-refractivity contribution in [1.82, 2.24) is 0 Å². The van der Waals surface area contributed by atoms with Crippen LogP contribution < -0.4 is 9.47 Å². The first-order chi connectivity index (χ1) is 6.57. The molecule has 0 spiro atoms. The Bertz CT molecular complexity index is 439. The smallest absolute Gasteiger partial charge is 0.307 e. The summed E-state index contributed by atoms with van der Waals surface area (Å²) in [5.74, 6) is 0.800. The van der Waals surface area contributed by atoms with Gasteiger partial charge in [0.05, 0.1) is 0 Å². The molecule has 1 unspecified atom stereocenters. The normalized spacial score (nSPS) is 20.5. The molecule has 1 aliphatic heterocycles. The van der Waals surface area contributed by atoms with Gasteiger partial charge in [0.15, 0.2) is 11.5 Å². The second-order valence-corrected chi connectivity index (χ2v) is 4.38. The van der Waals surface area contributed by atoms with Crippen LogP contribution in [-0.4, -0.2) is 25.0 Å². The van der Waals surface area contributed by atoms with Crippen LogP contribution in [0.2, 0.25) is 0 Å². The number of hydrogen-bond donors (Lipinski definition) is 1. The van der Waals surface area contributed by atoms with Gasteiger partial charge in [-0.25, -0.2) is 0 Å². The number of para-hydroxylation sites is 2. The summed E-state index contributed by atoms with van der Waals surface area (Å²) in [7, 11) is -4.22. The van der Waals surface area contributed by atoms with Gasteiger partial charge < -0.3 is 9.47 Å². The highest BCUT2D eigenvalue weighted by Crippen LogP contribution is 2.31. The third-order valence-electron chi connectivity index (χ3n) is 1.81. The van der Waals surface area contributed by atoms with E-state index in [1.54, 1.807) is 24.3 Å². The highest BCUT2D eigenvalue weighted by Gasteiger charge is 2.30. The van der Waals surface area contributed by atoms with Gasteiger partial charge in [0.1, 0.15) is 6.61 Å². The summed E-state index contributed by atoms with van der Waals surface area (Å²) in [6, 6.07) is 6.67. The zero-order valence-corrected chi connectivity index (χ0v) is 7.90. The van der Waals surface area contributed by atoms with Crippen molar-refractivity contribution in [3.05, 3.63) is 24.3 Å². The summed E-state index contributed by atoms with van der Waals surface area (Å²) >= 11 is 0. The summed E-state index contributed by atoms with van der Waals surface area (Å²) < 4.78 is 40.4. The molecule has 6 heteroatoms. The van der Waals surface area contributed by atoms with Crippen molar-refractivity contribution >= 4 is 10.1 Å². The lowest BCUT2D eigenvalue weighted by Gasteiger charge is -2.23. The minimum Gasteiger partial charge on any atom is -0.485 e. The van der Waals surface area contributed by atoms with Gasteiger partial charge >= 0.3 is 10.1 Å². The highest BCUT2D eigenvalue weighted by molar-refractivity contribution is 7.86. The van der Waals surface area contributed by atoms with Crippen molar-refractivity contribution in [2.24, 2.45) is 0 Å². The Morgan fingerprint density at radius 2 is 1.93 bits per heavy atom. The van der Waals surface area contributed by atoms with Crippen LogP contribution in [0.25, 0.3) is 0 Å². The Hall–Kier alpha value is -1.27. The van der Waals surface area contributed by atoms with Crippen molar-refractivity contribution in [3.63, 3.8) is 0 Å². The molecular formula is C8H8O5S. The fraction of sp³-hybridized carbons (Fsp3) is 0.250. The molecule has 1 heterocycles. The molecule has 2 rings (SSSR count). The van der Waals surface area contributed by atoms with Gasteiger partial charge in [0.25, 0.3) is 5.44 Å². The molecule has 0 radical (unpaired) electrons. The van der Waals surface area contributed by atoms with Crippen LogP contribution in [0.15, 0.2) is 24.3 Å². The van der Waals surface area contributed by atoms with Crippen LogP contribution in [0.1, 0.15) is 0 Å². The van der Waals surface area contributed by atoms with Crippen molar-refractivity contribution in [1.29, 1.82) is 0 Å². The number of ether oxygens (including phenoxy) is 2. The van der Waals surface area contributed by atoms with Gasteiger partial charge in [-0.3, -0.25) is 4.55 Å². The quantitative estimate of drug-likeness (QED) is 0.698. The van der Waals surface area contributed by atoms with E-state index in [2.05, 4.69) is 0 Å². The number of hydrogen-bond acceptors (Lipinski definition) is 4. The lowest BCUT2D eigenvalue weighted by molar-refractivity contribution is 0.135. The zero-order valence-electron chi connectivity index (χ0n) is 7.08. The fourth-order valence-electron chi connectivity index (χ4n) is 1.15. The molecule has 1 N–H and O–H groups in total. The van der Waals surface area contributed by atoms with E-state index in [4.69, 9.17) is 14.0 Å². The molecule has 0 bridgehead atoms. The second-order valence-electron chi connectivity index (χ2n) is 2.82. The van der Waals surface area contributed by atoms with Gasteiger partial charge in [-0.1, -0.05) is 12.1 Å². The molecule has 0 saturated heterocycles. The first-order valence-corrected chi connectivity index (χ1v) is 5.42. The van der Waals surface area contributed by atoms with Gasteiger partial charge in [-0.15, -0.1) is 0 Å². The van der Waals surface area contributed by atoms with Crippen molar-refractivity contribution in [2.45, 2.75) is 5.44 Å². The third kappa shape index (κ3) is 1.66. The van der Waals surface area contributed by atoms with Crippen LogP contribution in [0.5, 0.6) is 11.5 Å². The molecule has 0 saturated carbocycles. The van der Waals surface area contributed by atoms with Gasteiger partial charge in [0, 0.05) is 0 Å². The van der Waals surface area contributed by atoms with Gasteiger partial charge in [-0.05, 0) is 12.1 Å². The predicted octanol–water partition coefficient (Wildman–Crippen LogP) is 0.672. The lowest BCUT2D eigenvalue weighted by atomic mass is 10.3. The van der Waals surface area contributed by atoms with E-state index in [1.165, 1.54) is 0 Å². The summed E-state index contributed by atoms with van der Waals surface area (Å²) in [5, 5.41) is 0. The van der Waals surface area contributed by atoms with Gasteiger partial charge in [-0.2, -0.15) is 8.42 Å². The first kappa shape index (κ1) is 9.29. The van der Waals surface area contributed by atoms with E-state index in [-0.39, 0.29) is 6.61 Å². The molecule has 14 heavy (non-hydrogen) atoms. The molecule has 0 aliphatic carbocycles. The zero-order chi connectivity index (χ0) is 10.2. The molecule has 0 aromatic heterocycles. The maximum absolute atomic E-state index is 10.7. The molecule has 1 aromatic carbocycles. The largest absolute Gasteiger partial charge is 0.485 e. The summed E-state index contributed by atoms with van der Waals surface area (Å²) in [4.78, 5) is 0. The van der Waals surface area contributed by atoms with E-state index < -0.39 is 15.6 Å². The maximum Gasteiger partial charge on any atom is 0.307 e. The minimum absolute atomic E-state index is 0.199. The topological polar surface area (TPSA) is 72.8 Å². The molecule has 1 atom stereocenters. The Balaban J connectivity index is 2.30. The average Bonchev–Trinajstić information content (AvgIpc) is 2.16. The van der Waals surface area contributed by atoms with Crippen LogP contribution in [-0.2, 0) is 10.1 Å². The molecule has 1 aromatic rings. The van der Waals surface area contributed by atoms with Crippen LogP contribution in [0, 0.1) is 0 Å². The van der Waals surface area contributed by atoms with E-state index in [0.29, 0.717) is 11.5 Å². The number of fused-ring (bicyclic) bond motifs is 1. The Morgan fingerprint density at radius 1 is 1.29 bits per heavy atom. The number of rotatable bonds is 1. The standard InChI is InChI=1S/C8H8O5S/c9-14(10,11)8-5-12-6-3-1-2-4-7(6)13-8/h1-4,8H,5H2,(H,9,10,11). The average molecular weight is 216 g/mol. The summed E-state index contributed by atoms with van der Waals surface area (Å²) in [6.45, 7) is -0.199. The van der Waals surface area contributed by atoms with E-state index in [9.17, 15) is 8.42 Å². The van der Waals surface area contributed by atoms with Gasteiger partial charge in [0.2, 0.25) is 0 Å². The van der Waals surface area contributed by atoms with Crippen LogP contribution in [0.3, 0.4) is 0 Å². The maximum atomic E-state index is 10.7. The molecular weight excluding hydrogens is 208 g/mol. The van der Waals surface area contributed by atoms with E-state index in [1.807, 2.05) is 0 Å². The predicted molar refractivity (Wildman–Crippen MR) is 47.9 cm³/mol. The van der Waals surface area contributed by atoms with E-state index in [0.717, 1.165) is 0 Å². The second kappa shape index (κ2) is 3.14. The summed E-state index contributed by atoms with van der Waals surface area (Å²) in [5.41, 5.74) is -1.34. The Kier molecular flexibility index (Phi) is 2.09. The lowest BCUT2D eigenvalue weighted by Crippen LogP contribution is -2.36. The summed E-state index contributed by atoms with van der Waals surface area (Å²) in [6.07, 6.45) is 0. The monoisotopic (exact) mass is 216 g/mol. The molecule has 0 fully saturated rings. The third-order valence-corrected chi connectivity index (χ3v) is 2.71. The highest BCUT2D eigenvalue weighted by atomic mass is 32.2. The molecule has 1 aliphatic rings. The van der Waals surface area contributed by atoms with Crippen molar-refractivity contribution in [2.75, 3.05) is 6.61 Å².